The molecule has 0 spiro atoms. The normalized spacial score (nSPS) is 15.4. The third kappa shape index (κ3) is 4.79. The van der Waals surface area contributed by atoms with Crippen molar-refractivity contribution >= 4 is 21.6 Å². The number of carbonyl (C=O) groups excluding carboxylic acids is 1. The van der Waals surface area contributed by atoms with Gasteiger partial charge in [0.1, 0.15) is 18.0 Å². The van der Waals surface area contributed by atoms with Crippen LogP contribution in [0.25, 0.3) is 0 Å². The average Bonchev–Trinajstić information content (AvgIpc) is 3.17. The lowest BCUT2D eigenvalue weighted by Crippen LogP contribution is -2.42. The molecule has 0 unspecified atom stereocenters. The van der Waals surface area contributed by atoms with Crippen LogP contribution in [-0.2, 0) is 21.2 Å². The second kappa shape index (κ2) is 9.89. The van der Waals surface area contributed by atoms with Gasteiger partial charge in [-0.15, -0.1) is 0 Å². The van der Waals surface area contributed by atoms with Crippen molar-refractivity contribution < 1.29 is 22.5 Å². The zero-order valence-electron chi connectivity index (χ0n) is 19.6. The highest BCUT2D eigenvalue weighted by Crippen LogP contribution is 2.31. The highest BCUT2D eigenvalue weighted by Gasteiger charge is 2.33. The Bertz CT molecular complexity index is 1250. The van der Waals surface area contributed by atoms with Crippen LogP contribution in [0.2, 0.25) is 0 Å². The molecule has 0 fully saturated rings. The summed E-state index contributed by atoms with van der Waals surface area (Å²) in [6.07, 6.45) is 2.74. The quantitative estimate of drug-likeness (QED) is 0.518. The lowest BCUT2D eigenvalue weighted by molar-refractivity contribution is -0.120. The zero-order chi connectivity index (χ0) is 24.3. The third-order valence-corrected chi connectivity index (χ3v) is 7.96. The van der Waals surface area contributed by atoms with E-state index in [9.17, 15) is 13.2 Å². The Balaban J connectivity index is 1.64. The Hall–Kier alpha value is -3.33. The van der Waals surface area contributed by atoms with Crippen LogP contribution in [0.1, 0.15) is 48.4 Å². The summed E-state index contributed by atoms with van der Waals surface area (Å²) in [7, 11) is -4.12. The van der Waals surface area contributed by atoms with Gasteiger partial charge in [-0.25, -0.2) is 8.42 Å². The second-order valence-corrected chi connectivity index (χ2v) is 10.1. The number of amides is 1. The first-order valence-corrected chi connectivity index (χ1v) is 12.8. The fraction of sp³-hybridized carbons (Fsp3) is 0.360. The monoisotopic (exact) mass is 483 g/mol. The van der Waals surface area contributed by atoms with Crippen molar-refractivity contribution in [1.82, 2.24) is 10.5 Å². The van der Waals surface area contributed by atoms with Gasteiger partial charge in [0.2, 0.25) is 5.91 Å². The molecule has 0 saturated carbocycles. The van der Waals surface area contributed by atoms with Crippen LogP contribution in [-0.4, -0.2) is 32.6 Å². The van der Waals surface area contributed by atoms with E-state index in [1.165, 1.54) is 5.56 Å². The van der Waals surface area contributed by atoms with Gasteiger partial charge in [0.05, 0.1) is 18.3 Å². The number of nitrogens with zero attached hydrogens (tertiary/aromatic N) is 2. The van der Waals surface area contributed by atoms with Crippen molar-refractivity contribution in [2.24, 2.45) is 0 Å². The number of aromatic nitrogens is 1. The first-order valence-electron chi connectivity index (χ1n) is 11.4. The Morgan fingerprint density at radius 2 is 1.91 bits per heavy atom. The van der Waals surface area contributed by atoms with Gasteiger partial charge in [-0.05, 0) is 75.4 Å². The van der Waals surface area contributed by atoms with E-state index in [-0.39, 0.29) is 34.8 Å². The Morgan fingerprint density at radius 1 is 1.18 bits per heavy atom. The fourth-order valence-corrected chi connectivity index (χ4v) is 6.14. The molecule has 0 aliphatic heterocycles. The summed E-state index contributed by atoms with van der Waals surface area (Å²) in [5.74, 6) is 0.408. The standard InChI is InChI=1S/C25H29N3O5S/c1-4-32-21-14-12-20(13-15-21)28(34(30,31)25-17(2)27-33-18(25)3)16-24(29)26-23-11-7-9-19-8-5-6-10-22(19)23/h5-6,8,10,12-15,23H,4,7,9,11,16H2,1-3H3,(H,26,29)/t23-/m0/s1. The van der Waals surface area contributed by atoms with Gasteiger partial charge < -0.3 is 14.6 Å². The molecule has 3 aromatic rings. The number of fused-ring (bicyclic) bond motifs is 1. The topological polar surface area (TPSA) is 102 Å². The third-order valence-electron chi connectivity index (χ3n) is 5.94. The predicted molar refractivity (Wildman–Crippen MR) is 128 cm³/mol. The summed E-state index contributed by atoms with van der Waals surface area (Å²) in [6, 6.07) is 14.5. The SMILES string of the molecule is CCOc1ccc(N(CC(=O)N[C@H]2CCCc3ccccc32)S(=O)(=O)c2c(C)noc2C)cc1. The van der Waals surface area contributed by atoms with Crippen molar-refractivity contribution in [3.63, 3.8) is 0 Å². The van der Waals surface area contributed by atoms with Gasteiger partial charge in [-0.2, -0.15) is 0 Å². The van der Waals surface area contributed by atoms with Gasteiger partial charge in [0.15, 0.2) is 10.7 Å². The number of nitrogens with one attached hydrogen (secondary N) is 1. The summed E-state index contributed by atoms with van der Waals surface area (Å²) < 4.78 is 39.1. The Kier molecular flexibility index (Phi) is 6.92. The number of benzene rings is 2. The van der Waals surface area contributed by atoms with Crippen LogP contribution in [0.15, 0.2) is 57.9 Å². The molecule has 4 rings (SSSR count). The molecule has 1 atom stereocenters. The van der Waals surface area contributed by atoms with E-state index in [1.807, 2.05) is 25.1 Å². The molecule has 1 amide bonds. The fourth-order valence-electron chi connectivity index (χ4n) is 4.42. The van der Waals surface area contributed by atoms with Crippen LogP contribution in [0.4, 0.5) is 5.69 Å². The lowest BCUT2D eigenvalue weighted by Gasteiger charge is -2.28. The minimum absolute atomic E-state index is 0.0304. The van der Waals surface area contributed by atoms with Gasteiger partial charge in [-0.1, -0.05) is 29.4 Å². The summed E-state index contributed by atoms with van der Waals surface area (Å²) in [4.78, 5) is 13.1. The molecule has 8 nitrogen and oxygen atoms in total. The molecule has 1 N–H and O–H groups in total. The van der Waals surface area contributed by atoms with Crippen LogP contribution in [0.3, 0.4) is 0 Å². The molecule has 1 aromatic heterocycles. The smallest absolute Gasteiger partial charge is 0.270 e. The number of aryl methyl sites for hydroxylation is 3. The van der Waals surface area contributed by atoms with E-state index >= 15 is 0 Å². The molecule has 0 radical (unpaired) electrons. The second-order valence-electron chi connectivity index (χ2n) is 8.30. The molecular weight excluding hydrogens is 454 g/mol. The molecule has 1 heterocycles. The highest BCUT2D eigenvalue weighted by molar-refractivity contribution is 7.93. The number of ether oxygens (including phenoxy) is 1. The van der Waals surface area contributed by atoms with Gasteiger partial charge in [0.25, 0.3) is 10.0 Å². The zero-order valence-corrected chi connectivity index (χ0v) is 20.4. The van der Waals surface area contributed by atoms with Crippen LogP contribution in [0, 0.1) is 13.8 Å². The maximum absolute atomic E-state index is 13.7. The number of hydrogen-bond donors (Lipinski definition) is 1. The van der Waals surface area contributed by atoms with E-state index in [0.717, 1.165) is 29.1 Å². The molecule has 180 valence electrons. The Labute approximate surface area is 200 Å². The van der Waals surface area contributed by atoms with Crippen LogP contribution in [0.5, 0.6) is 5.75 Å². The molecular formula is C25H29N3O5S. The van der Waals surface area contributed by atoms with E-state index < -0.39 is 10.0 Å². The summed E-state index contributed by atoms with van der Waals surface area (Å²) in [5, 5.41) is 6.84. The number of anilines is 1. The minimum Gasteiger partial charge on any atom is -0.494 e. The highest BCUT2D eigenvalue weighted by atomic mass is 32.2. The number of hydrogen-bond acceptors (Lipinski definition) is 6. The van der Waals surface area contributed by atoms with Crippen molar-refractivity contribution in [1.29, 1.82) is 0 Å². The van der Waals surface area contributed by atoms with Crippen molar-refractivity contribution in [3.8, 4) is 5.75 Å². The molecule has 0 bridgehead atoms. The summed E-state index contributed by atoms with van der Waals surface area (Å²) in [5.41, 5.74) is 2.90. The number of rotatable bonds is 8. The number of sulfonamides is 1. The first kappa shape index (κ1) is 23.8. The van der Waals surface area contributed by atoms with Gasteiger partial charge >= 0.3 is 0 Å². The summed E-state index contributed by atoms with van der Waals surface area (Å²) >= 11 is 0. The van der Waals surface area contributed by atoms with Crippen molar-refractivity contribution in [2.75, 3.05) is 17.5 Å². The van der Waals surface area contributed by atoms with Gasteiger partial charge in [-0.3, -0.25) is 9.10 Å². The molecule has 9 heteroatoms. The van der Waals surface area contributed by atoms with E-state index in [2.05, 4.69) is 16.5 Å². The molecule has 1 aliphatic rings. The van der Waals surface area contributed by atoms with E-state index in [4.69, 9.17) is 9.26 Å². The van der Waals surface area contributed by atoms with Crippen LogP contribution < -0.4 is 14.4 Å². The number of carbonyl (C=O) groups is 1. The van der Waals surface area contributed by atoms with E-state index in [1.54, 1.807) is 38.1 Å². The predicted octanol–water partition coefficient (Wildman–Crippen LogP) is 4.08. The molecule has 34 heavy (non-hydrogen) atoms. The molecule has 1 aliphatic carbocycles. The minimum atomic E-state index is -4.12. The average molecular weight is 484 g/mol. The maximum atomic E-state index is 13.7. The Morgan fingerprint density at radius 3 is 2.59 bits per heavy atom. The van der Waals surface area contributed by atoms with Crippen molar-refractivity contribution in [2.45, 2.75) is 51.0 Å². The lowest BCUT2D eigenvalue weighted by atomic mass is 9.88. The maximum Gasteiger partial charge on any atom is 0.270 e. The van der Waals surface area contributed by atoms with Crippen LogP contribution >= 0.6 is 0 Å². The van der Waals surface area contributed by atoms with E-state index in [0.29, 0.717) is 18.0 Å². The van der Waals surface area contributed by atoms with Crippen molar-refractivity contribution in [3.05, 3.63) is 71.1 Å². The first-order chi connectivity index (χ1) is 16.3. The molecule has 2 aromatic carbocycles. The van der Waals surface area contributed by atoms with Gasteiger partial charge in [0, 0.05) is 0 Å². The summed E-state index contributed by atoms with van der Waals surface area (Å²) in [6.45, 7) is 5.10. The largest absolute Gasteiger partial charge is 0.494 e. The molecule has 0 saturated heterocycles.